The molecule has 1 N–H and O–H groups in total. The highest BCUT2D eigenvalue weighted by molar-refractivity contribution is 7.21. The molecule has 0 atom stereocenters. The Bertz CT molecular complexity index is 669. The van der Waals surface area contributed by atoms with Crippen LogP contribution in [0.4, 0.5) is 4.39 Å². The number of benzene rings is 1. The zero-order valence-electron chi connectivity index (χ0n) is 12.1. The predicted molar refractivity (Wildman–Crippen MR) is 78.6 cm³/mol. The number of rotatable bonds is 8. The Kier molecular flexibility index (Phi) is 5.53. The first-order valence-corrected chi connectivity index (χ1v) is 7.13. The lowest BCUT2D eigenvalue weighted by Gasteiger charge is -2.08. The van der Waals surface area contributed by atoms with E-state index in [0.29, 0.717) is 23.3 Å². The SMILES string of the molecule is COCCOCOc1c(C(=O)O)sc2cc(F)c(OC)cc12. The zero-order chi connectivity index (χ0) is 16.1. The van der Waals surface area contributed by atoms with Gasteiger partial charge in [-0.2, -0.15) is 0 Å². The highest BCUT2D eigenvalue weighted by Crippen LogP contribution is 2.40. The standard InChI is InChI=1S/C14H15FO6S/c1-18-3-4-20-7-21-12-8-5-10(19-2)9(15)6-11(8)22-13(12)14(16)17/h5-6H,3-4,7H2,1-2H3,(H,16,17). The highest BCUT2D eigenvalue weighted by Gasteiger charge is 2.21. The van der Waals surface area contributed by atoms with Crippen molar-refractivity contribution in [1.82, 2.24) is 0 Å². The second kappa shape index (κ2) is 7.39. The Morgan fingerprint density at radius 1 is 1.32 bits per heavy atom. The smallest absolute Gasteiger partial charge is 0.349 e. The lowest BCUT2D eigenvalue weighted by Crippen LogP contribution is -2.09. The molecule has 0 amide bonds. The minimum Gasteiger partial charge on any atom is -0.494 e. The summed E-state index contributed by atoms with van der Waals surface area (Å²) in [6, 6.07) is 2.64. The third-order valence-electron chi connectivity index (χ3n) is 2.83. The fourth-order valence-electron chi connectivity index (χ4n) is 1.82. The van der Waals surface area contributed by atoms with Gasteiger partial charge < -0.3 is 24.1 Å². The van der Waals surface area contributed by atoms with E-state index in [9.17, 15) is 14.3 Å². The molecule has 1 aromatic carbocycles. The van der Waals surface area contributed by atoms with E-state index in [1.54, 1.807) is 7.11 Å². The molecule has 2 rings (SSSR count). The van der Waals surface area contributed by atoms with E-state index in [0.717, 1.165) is 11.3 Å². The summed E-state index contributed by atoms with van der Waals surface area (Å²) in [5.74, 6) is -1.54. The van der Waals surface area contributed by atoms with E-state index in [1.807, 2.05) is 0 Å². The Balaban J connectivity index is 2.31. The molecule has 8 heteroatoms. The Morgan fingerprint density at radius 3 is 2.73 bits per heavy atom. The van der Waals surface area contributed by atoms with E-state index in [2.05, 4.69) is 0 Å². The van der Waals surface area contributed by atoms with Gasteiger partial charge in [-0.05, 0) is 12.1 Å². The van der Waals surface area contributed by atoms with Crippen LogP contribution in [0.25, 0.3) is 10.1 Å². The second-order valence-corrected chi connectivity index (χ2v) is 5.26. The lowest BCUT2D eigenvalue weighted by molar-refractivity contribution is -0.00808. The van der Waals surface area contributed by atoms with Crippen LogP contribution >= 0.6 is 11.3 Å². The number of thiophene rings is 1. The third kappa shape index (κ3) is 3.46. The maximum absolute atomic E-state index is 13.7. The molecule has 0 bridgehead atoms. The molecule has 0 aliphatic carbocycles. The molecule has 1 heterocycles. The Labute approximate surface area is 130 Å². The van der Waals surface area contributed by atoms with Crippen molar-refractivity contribution in [2.75, 3.05) is 34.2 Å². The molecule has 0 saturated heterocycles. The van der Waals surface area contributed by atoms with Crippen LogP contribution in [0.2, 0.25) is 0 Å². The van der Waals surface area contributed by atoms with Crippen molar-refractivity contribution in [3.05, 3.63) is 22.8 Å². The summed E-state index contributed by atoms with van der Waals surface area (Å²) in [6.45, 7) is 0.590. The van der Waals surface area contributed by atoms with Crippen LogP contribution in [0.1, 0.15) is 9.67 Å². The zero-order valence-corrected chi connectivity index (χ0v) is 12.9. The van der Waals surface area contributed by atoms with Crippen LogP contribution in [-0.4, -0.2) is 45.3 Å². The van der Waals surface area contributed by atoms with Crippen LogP contribution in [-0.2, 0) is 9.47 Å². The van der Waals surface area contributed by atoms with Crippen LogP contribution in [0, 0.1) is 5.82 Å². The molecule has 0 radical (unpaired) electrons. The maximum atomic E-state index is 13.7. The van der Waals surface area contributed by atoms with Crippen LogP contribution in [0.15, 0.2) is 12.1 Å². The first-order chi connectivity index (χ1) is 10.6. The second-order valence-electron chi connectivity index (χ2n) is 4.21. The van der Waals surface area contributed by atoms with Gasteiger partial charge in [-0.1, -0.05) is 0 Å². The largest absolute Gasteiger partial charge is 0.494 e. The van der Waals surface area contributed by atoms with Crippen molar-refractivity contribution < 1.29 is 33.2 Å². The van der Waals surface area contributed by atoms with Gasteiger partial charge >= 0.3 is 5.97 Å². The topological polar surface area (TPSA) is 74.2 Å². The van der Waals surface area contributed by atoms with Gasteiger partial charge in [0.15, 0.2) is 29.0 Å². The molecule has 0 unspecified atom stereocenters. The van der Waals surface area contributed by atoms with Gasteiger partial charge in [-0.15, -0.1) is 11.3 Å². The summed E-state index contributed by atoms with van der Waals surface area (Å²) in [5, 5.41) is 9.72. The first-order valence-electron chi connectivity index (χ1n) is 6.31. The van der Waals surface area contributed by atoms with Gasteiger partial charge in [0.25, 0.3) is 0 Å². The van der Waals surface area contributed by atoms with Gasteiger partial charge in [0.2, 0.25) is 0 Å². The molecule has 0 saturated carbocycles. The van der Waals surface area contributed by atoms with Crippen molar-refractivity contribution in [3.63, 3.8) is 0 Å². The molecule has 22 heavy (non-hydrogen) atoms. The van der Waals surface area contributed by atoms with Gasteiger partial charge in [0.1, 0.15) is 0 Å². The van der Waals surface area contributed by atoms with Crippen molar-refractivity contribution in [1.29, 1.82) is 0 Å². The van der Waals surface area contributed by atoms with E-state index in [-0.39, 0.29) is 23.2 Å². The number of carbonyl (C=O) groups is 1. The van der Waals surface area contributed by atoms with E-state index in [4.69, 9.17) is 18.9 Å². The van der Waals surface area contributed by atoms with Gasteiger partial charge in [-0.3, -0.25) is 0 Å². The summed E-state index contributed by atoms with van der Waals surface area (Å²) in [4.78, 5) is 11.3. The van der Waals surface area contributed by atoms with Crippen LogP contribution in [0.5, 0.6) is 11.5 Å². The predicted octanol–water partition coefficient (Wildman–Crippen LogP) is 2.75. The normalized spacial score (nSPS) is 10.9. The first kappa shape index (κ1) is 16.5. The molecular formula is C14H15FO6S. The van der Waals surface area contributed by atoms with Gasteiger partial charge in [-0.25, -0.2) is 9.18 Å². The van der Waals surface area contributed by atoms with E-state index in [1.165, 1.54) is 19.2 Å². The number of hydrogen-bond acceptors (Lipinski definition) is 6. The number of carboxylic acid groups (broad SMARTS) is 1. The summed E-state index contributed by atoms with van der Waals surface area (Å²) >= 11 is 0.933. The molecule has 0 spiro atoms. The molecule has 0 aliphatic rings. The fourth-order valence-corrected chi connectivity index (χ4v) is 2.81. The van der Waals surface area contributed by atoms with Crippen molar-refractivity contribution in [2.45, 2.75) is 0 Å². The summed E-state index contributed by atoms with van der Waals surface area (Å²) in [7, 11) is 2.88. The molecule has 1 aromatic heterocycles. The fraction of sp³-hybridized carbons (Fsp3) is 0.357. The summed E-state index contributed by atoms with van der Waals surface area (Å²) in [5.41, 5.74) is 0. The average molecular weight is 330 g/mol. The van der Waals surface area contributed by atoms with E-state index < -0.39 is 11.8 Å². The highest BCUT2D eigenvalue weighted by atomic mass is 32.1. The maximum Gasteiger partial charge on any atom is 0.349 e. The summed E-state index contributed by atoms with van der Waals surface area (Å²) in [6.07, 6.45) is 0. The van der Waals surface area contributed by atoms with Crippen LogP contribution in [0.3, 0.4) is 0 Å². The molecule has 0 fully saturated rings. The van der Waals surface area contributed by atoms with Gasteiger partial charge in [0.05, 0.1) is 20.3 Å². The molecule has 0 aliphatic heterocycles. The number of carboxylic acids is 1. The molecular weight excluding hydrogens is 315 g/mol. The van der Waals surface area contributed by atoms with Crippen molar-refractivity contribution in [2.24, 2.45) is 0 Å². The number of aromatic carboxylic acids is 1. The minimum absolute atomic E-state index is 0.0157. The van der Waals surface area contributed by atoms with Gasteiger partial charge in [0, 0.05) is 17.2 Å². The summed E-state index contributed by atoms with van der Waals surface area (Å²) < 4.78 is 34.5. The average Bonchev–Trinajstić information content (AvgIpc) is 2.84. The number of methoxy groups -OCH3 is 2. The monoisotopic (exact) mass is 330 g/mol. The van der Waals surface area contributed by atoms with E-state index >= 15 is 0 Å². The Hall–Kier alpha value is -1.90. The van der Waals surface area contributed by atoms with Crippen molar-refractivity contribution >= 4 is 27.4 Å². The molecule has 2 aromatic rings. The molecule has 6 nitrogen and oxygen atoms in total. The lowest BCUT2D eigenvalue weighted by atomic mass is 10.2. The minimum atomic E-state index is -1.15. The molecule has 120 valence electrons. The Morgan fingerprint density at radius 2 is 2.09 bits per heavy atom. The van der Waals surface area contributed by atoms with Crippen LogP contribution < -0.4 is 9.47 Å². The number of halogens is 1. The number of fused-ring (bicyclic) bond motifs is 1. The third-order valence-corrected chi connectivity index (χ3v) is 3.95. The van der Waals surface area contributed by atoms with Crippen molar-refractivity contribution in [3.8, 4) is 11.5 Å². The number of hydrogen-bond donors (Lipinski definition) is 1. The quantitative estimate of drug-likeness (QED) is 0.592. The number of ether oxygens (including phenoxy) is 4.